The number of ether oxygens (including phenoxy) is 3. The lowest BCUT2D eigenvalue weighted by Crippen LogP contribution is -2.44. The van der Waals surface area contributed by atoms with Gasteiger partial charge >= 0.3 is 0 Å². The van der Waals surface area contributed by atoms with E-state index in [0.717, 1.165) is 43.3 Å². The van der Waals surface area contributed by atoms with Gasteiger partial charge in [-0.15, -0.1) is 0 Å². The number of pyridine rings is 1. The molecule has 1 unspecified atom stereocenters. The van der Waals surface area contributed by atoms with Gasteiger partial charge in [0.2, 0.25) is 6.79 Å². The van der Waals surface area contributed by atoms with E-state index in [1.807, 2.05) is 41.3 Å². The van der Waals surface area contributed by atoms with Gasteiger partial charge in [0.05, 0.1) is 18.2 Å². The SMILES string of the molecule is O=c1[nH]c2cc3c(cc2cc1CN(CC1CCCO1)C(=S)NCCc1ccccc1)OCO3. The van der Waals surface area contributed by atoms with Crippen LogP contribution in [0.4, 0.5) is 0 Å². The first-order valence-corrected chi connectivity index (χ1v) is 11.7. The highest BCUT2D eigenvalue weighted by molar-refractivity contribution is 7.80. The van der Waals surface area contributed by atoms with Crippen molar-refractivity contribution in [3.8, 4) is 11.5 Å². The molecule has 2 aromatic carbocycles. The number of nitrogens with zero attached hydrogens (tertiary/aromatic N) is 1. The summed E-state index contributed by atoms with van der Waals surface area (Å²) in [6.45, 7) is 2.74. The molecule has 1 atom stereocenters. The molecule has 2 aliphatic heterocycles. The van der Waals surface area contributed by atoms with Crippen molar-refractivity contribution in [2.24, 2.45) is 0 Å². The van der Waals surface area contributed by atoms with Gasteiger partial charge in [-0.1, -0.05) is 30.3 Å². The molecule has 2 N–H and O–H groups in total. The maximum Gasteiger partial charge on any atom is 0.253 e. The van der Waals surface area contributed by atoms with Gasteiger partial charge < -0.3 is 29.4 Å². The number of fused-ring (bicyclic) bond motifs is 2. The summed E-state index contributed by atoms with van der Waals surface area (Å²) in [5.74, 6) is 1.34. The van der Waals surface area contributed by atoms with Gasteiger partial charge in [-0.05, 0) is 49.2 Å². The van der Waals surface area contributed by atoms with Crippen LogP contribution in [0.5, 0.6) is 11.5 Å². The van der Waals surface area contributed by atoms with Crippen molar-refractivity contribution in [1.82, 2.24) is 15.2 Å². The van der Waals surface area contributed by atoms with Crippen molar-refractivity contribution in [3.05, 3.63) is 70.0 Å². The third kappa shape index (κ3) is 5.12. The molecule has 1 aromatic heterocycles. The van der Waals surface area contributed by atoms with Crippen molar-refractivity contribution >= 4 is 28.2 Å². The van der Waals surface area contributed by atoms with Crippen LogP contribution in [-0.2, 0) is 17.7 Å². The van der Waals surface area contributed by atoms with Gasteiger partial charge in [-0.25, -0.2) is 0 Å². The highest BCUT2D eigenvalue weighted by Gasteiger charge is 2.22. The largest absolute Gasteiger partial charge is 0.454 e. The second kappa shape index (κ2) is 9.80. The number of nitrogens with one attached hydrogen (secondary N) is 2. The van der Waals surface area contributed by atoms with Crippen molar-refractivity contribution in [2.45, 2.75) is 31.9 Å². The molecule has 0 saturated carbocycles. The molecule has 3 aromatic rings. The molecule has 2 aliphatic rings. The predicted octanol–water partition coefficient (Wildman–Crippen LogP) is 3.36. The summed E-state index contributed by atoms with van der Waals surface area (Å²) in [6.07, 6.45) is 3.04. The highest BCUT2D eigenvalue weighted by atomic mass is 32.1. The monoisotopic (exact) mass is 465 g/mol. The molecule has 0 bridgehead atoms. The van der Waals surface area contributed by atoms with E-state index in [4.69, 9.17) is 26.4 Å². The molecule has 1 fully saturated rings. The number of aromatic nitrogens is 1. The van der Waals surface area contributed by atoms with Gasteiger partial charge in [0.15, 0.2) is 16.6 Å². The Labute approximate surface area is 197 Å². The summed E-state index contributed by atoms with van der Waals surface area (Å²) in [5, 5.41) is 4.90. The molecule has 8 heteroatoms. The summed E-state index contributed by atoms with van der Waals surface area (Å²) in [5.41, 5.74) is 2.49. The van der Waals surface area contributed by atoms with Crippen molar-refractivity contribution in [2.75, 3.05) is 26.5 Å². The average Bonchev–Trinajstić information content (AvgIpc) is 3.50. The van der Waals surface area contributed by atoms with Crippen LogP contribution in [0.1, 0.15) is 24.0 Å². The van der Waals surface area contributed by atoms with Crippen LogP contribution in [0, 0.1) is 0 Å². The van der Waals surface area contributed by atoms with Crippen LogP contribution in [0.3, 0.4) is 0 Å². The second-order valence-corrected chi connectivity index (χ2v) is 8.79. The van der Waals surface area contributed by atoms with E-state index in [9.17, 15) is 4.79 Å². The van der Waals surface area contributed by atoms with Crippen LogP contribution in [0.25, 0.3) is 10.9 Å². The quantitative estimate of drug-likeness (QED) is 0.518. The zero-order chi connectivity index (χ0) is 22.6. The highest BCUT2D eigenvalue weighted by Crippen LogP contribution is 2.35. The standard InChI is InChI=1S/C25H27N3O4S/c29-24-19(11-18-12-22-23(32-16-31-22)13-21(18)27-24)14-28(15-20-7-4-10-30-20)25(33)26-9-8-17-5-2-1-3-6-17/h1-3,5-6,11-13,20H,4,7-10,14-16H2,(H,26,33)(H,27,29). The van der Waals surface area contributed by atoms with Gasteiger partial charge in [-0.3, -0.25) is 4.79 Å². The predicted molar refractivity (Wildman–Crippen MR) is 131 cm³/mol. The lowest BCUT2D eigenvalue weighted by Gasteiger charge is -2.28. The first-order chi connectivity index (χ1) is 16.2. The normalized spacial score (nSPS) is 16.8. The van der Waals surface area contributed by atoms with Crippen LogP contribution >= 0.6 is 12.2 Å². The van der Waals surface area contributed by atoms with Gasteiger partial charge in [0.1, 0.15) is 0 Å². The first kappa shape index (κ1) is 21.7. The minimum absolute atomic E-state index is 0.118. The third-order valence-electron chi connectivity index (χ3n) is 6.04. The third-order valence-corrected chi connectivity index (χ3v) is 6.45. The molecular formula is C25H27N3O4S. The number of thiocarbonyl (C=S) groups is 1. The fourth-order valence-corrected chi connectivity index (χ4v) is 4.53. The number of aromatic amines is 1. The Hall–Kier alpha value is -3.10. The number of hydrogen-bond donors (Lipinski definition) is 2. The summed E-state index contributed by atoms with van der Waals surface area (Å²) >= 11 is 5.74. The molecule has 1 saturated heterocycles. The van der Waals surface area contributed by atoms with Crippen LogP contribution in [0.15, 0.2) is 53.3 Å². The van der Waals surface area contributed by atoms with E-state index in [-0.39, 0.29) is 18.5 Å². The van der Waals surface area contributed by atoms with E-state index < -0.39 is 0 Å². The Balaban J connectivity index is 1.33. The minimum atomic E-state index is -0.134. The van der Waals surface area contributed by atoms with Crippen LogP contribution < -0.4 is 20.3 Å². The summed E-state index contributed by atoms with van der Waals surface area (Å²) in [7, 11) is 0. The maximum atomic E-state index is 12.9. The Morgan fingerprint density at radius 1 is 1.15 bits per heavy atom. The summed E-state index contributed by atoms with van der Waals surface area (Å²) < 4.78 is 16.8. The molecule has 172 valence electrons. The Morgan fingerprint density at radius 2 is 1.97 bits per heavy atom. The number of rotatable bonds is 7. The molecule has 0 amide bonds. The summed E-state index contributed by atoms with van der Waals surface area (Å²) in [6, 6.07) is 15.9. The molecule has 0 radical (unpaired) electrons. The molecule has 0 spiro atoms. The van der Waals surface area contributed by atoms with E-state index in [1.165, 1.54) is 5.56 Å². The second-order valence-electron chi connectivity index (χ2n) is 8.40. The minimum Gasteiger partial charge on any atom is -0.454 e. The number of benzene rings is 2. The Bertz CT molecular complexity index is 1190. The topological polar surface area (TPSA) is 75.8 Å². The zero-order valence-electron chi connectivity index (χ0n) is 18.3. The molecule has 7 nitrogen and oxygen atoms in total. The molecule has 5 rings (SSSR count). The lowest BCUT2D eigenvalue weighted by atomic mass is 10.1. The molecule has 33 heavy (non-hydrogen) atoms. The Morgan fingerprint density at radius 3 is 2.76 bits per heavy atom. The van der Waals surface area contributed by atoms with Crippen LogP contribution in [-0.4, -0.2) is 47.6 Å². The number of hydrogen-bond acceptors (Lipinski definition) is 5. The lowest BCUT2D eigenvalue weighted by molar-refractivity contribution is 0.0897. The van der Waals surface area contributed by atoms with Crippen LogP contribution in [0.2, 0.25) is 0 Å². The smallest absolute Gasteiger partial charge is 0.253 e. The van der Waals surface area contributed by atoms with Gasteiger partial charge in [0.25, 0.3) is 5.56 Å². The van der Waals surface area contributed by atoms with Crippen molar-refractivity contribution < 1.29 is 14.2 Å². The maximum absolute atomic E-state index is 12.9. The van der Waals surface area contributed by atoms with E-state index in [2.05, 4.69) is 22.4 Å². The molecular weight excluding hydrogens is 438 g/mol. The first-order valence-electron chi connectivity index (χ1n) is 11.3. The fraction of sp³-hybridized carbons (Fsp3) is 0.360. The van der Waals surface area contributed by atoms with E-state index in [0.29, 0.717) is 35.3 Å². The van der Waals surface area contributed by atoms with Crippen molar-refractivity contribution in [1.29, 1.82) is 0 Å². The Kier molecular flexibility index (Phi) is 6.46. The van der Waals surface area contributed by atoms with Gasteiger partial charge in [0, 0.05) is 36.7 Å². The summed E-state index contributed by atoms with van der Waals surface area (Å²) in [4.78, 5) is 17.9. The van der Waals surface area contributed by atoms with Crippen molar-refractivity contribution in [3.63, 3.8) is 0 Å². The van der Waals surface area contributed by atoms with E-state index in [1.54, 1.807) is 0 Å². The van der Waals surface area contributed by atoms with E-state index >= 15 is 0 Å². The molecule has 3 heterocycles. The molecule has 0 aliphatic carbocycles. The zero-order valence-corrected chi connectivity index (χ0v) is 19.2. The number of H-pyrrole nitrogens is 1. The average molecular weight is 466 g/mol. The van der Waals surface area contributed by atoms with Gasteiger partial charge in [-0.2, -0.15) is 0 Å². The fourth-order valence-electron chi connectivity index (χ4n) is 4.29.